The minimum Gasteiger partial charge on any atom is -0.481 e. The molecule has 0 saturated carbocycles. The van der Waals surface area contributed by atoms with E-state index in [0.29, 0.717) is 6.42 Å². The summed E-state index contributed by atoms with van der Waals surface area (Å²) in [6.45, 7) is 12.5. The predicted octanol–water partition coefficient (Wildman–Crippen LogP) is 5.40. The van der Waals surface area contributed by atoms with Gasteiger partial charge in [0, 0.05) is 5.69 Å². The number of rotatable bonds is 5. The van der Waals surface area contributed by atoms with Crippen LogP contribution < -0.4 is 10.1 Å². The summed E-state index contributed by atoms with van der Waals surface area (Å²) in [5.41, 5.74) is 4.43. The average Bonchev–Trinajstić information content (AvgIpc) is 2.56. The van der Waals surface area contributed by atoms with Crippen molar-refractivity contribution in [2.75, 3.05) is 5.32 Å². The van der Waals surface area contributed by atoms with Gasteiger partial charge in [-0.2, -0.15) is 0 Å². The maximum atomic E-state index is 12.6. The first-order valence-corrected chi connectivity index (χ1v) is 8.86. The van der Waals surface area contributed by atoms with Crippen LogP contribution in [-0.4, -0.2) is 12.0 Å². The quantitative estimate of drug-likeness (QED) is 0.792. The van der Waals surface area contributed by atoms with Crippen molar-refractivity contribution in [2.45, 2.75) is 59.5 Å². The highest BCUT2D eigenvalue weighted by atomic mass is 16.5. The number of amides is 1. The van der Waals surface area contributed by atoms with Gasteiger partial charge in [-0.25, -0.2) is 0 Å². The lowest BCUT2D eigenvalue weighted by Gasteiger charge is -2.21. The highest BCUT2D eigenvalue weighted by Crippen LogP contribution is 2.25. The Labute approximate surface area is 151 Å². The van der Waals surface area contributed by atoms with Crippen LogP contribution in [0.2, 0.25) is 0 Å². The van der Waals surface area contributed by atoms with Crippen LogP contribution in [0.3, 0.4) is 0 Å². The Morgan fingerprint density at radius 3 is 2.28 bits per heavy atom. The van der Waals surface area contributed by atoms with Crippen LogP contribution >= 0.6 is 0 Å². The number of carbonyl (C=O) groups is 1. The normalized spacial score (nSPS) is 12.6. The molecule has 134 valence electrons. The molecule has 0 fully saturated rings. The van der Waals surface area contributed by atoms with E-state index >= 15 is 0 Å². The van der Waals surface area contributed by atoms with Gasteiger partial charge < -0.3 is 10.1 Å². The highest BCUT2D eigenvalue weighted by Gasteiger charge is 2.20. The van der Waals surface area contributed by atoms with E-state index in [1.54, 1.807) is 0 Å². The predicted molar refractivity (Wildman–Crippen MR) is 104 cm³/mol. The Kier molecular flexibility index (Phi) is 5.89. The van der Waals surface area contributed by atoms with Crippen molar-refractivity contribution in [3.63, 3.8) is 0 Å². The highest BCUT2D eigenvalue weighted by molar-refractivity contribution is 5.95. The molecule has 0 aromatic heterocycles. The van der Waals surface area contributed by atoms with Crippen LogP contribution in [0.4, 0.5) is 5.69 Å². The zero-order chi connectivity index (χ0) is 18.6. The van der Waals surface area contributed by atoms with Crippen molar-refractivity contribution < 1.29 is 9.53 Å². The number of benzene rings is 2. The molecule has 0 aliphatic rings. The van der Waals surface area contributed by atoms with Gasteiger partial charge in [0.15, 0.2) is 6.10 Å². The monoisotopic (exact) mass is 339 g/mol. The Bertz CT molecular complexity index is 727. The number of ether oxygens (including phenoxy) is 1. The van der Waals surface area contributed by atoms with Crippen molar-refractivity contribution in [3.8, 4) is 5.75 Å². The van der Waals surface area contributed by atoms with Crippen LogP contribution in [-0.2, 0) is 10.2 Å². The lowest BCUT2D eigenvalue weighted by Crippen LogP contribution is -2.32. The summed E-state index contributed by atoms with van der Waals surface area (Å²) in [5, 5.41) is 2.99. The number of nitrogens with one attached hydrogen (secondary N) is 1. The van der Waals surface area contributed by atoms with Gasteiger partial charge in [0.1, 0.15) is 5.75 Å². The lowest BCUT2D eigenvalue weighted by atomic mass is 9.87. The molecule has 1 N–H and O–H groups in total. The molecule has 1 unspecified atom stereocenters. The first kappa shape index (κ1) is 19.0. The molecule has 1 amide bonds. The molecular formula is C22H29NO2. The summed E-state index contributed by atoms with van der Waals surface area (Å²) >= 11 is 0. The van der Waals surface area contributed by atoms with Crippen molar-refractivity contribution in [1.29, 1.82) is 0 Å². The minimum atomic E-state index is -0.514. The largest absolute Gasteiger partial charge is 0.481 e. The molecular weight excluding hydrogens is 310 g/mol. The second-order valence-corrected chi connectivity index (χ2v) is 7.53. The molecule has 2 aromatic rings. The topological polar surface area (TPSA) is 38.3 Å². The van der Waals surface area contributed by atoms with Crippen LogP contribution in [0, 0.1) is 13.8 Å². The van der Waals surface area contributed by atoms with Crippen molar-refractivity contribution >= 4 is 11.6 Å². The molecule has 3 heteroatoms. The van der Waals surface area contributed by atoms with Gasteiger partial charge in [-0.15, -0.1) is 0 Å². The number of aryl methyl sites for hydroxylation is 1. The first-order chi connectivity index (χ1) is 11.7. The van der Waals surface area contributed by atoms with E-state index in [1.165, 1.54) is 5.56 Å². The SMILES string of the molecule is CCC(Oc1ccc(C(C)(C)C)cc1)C(=O)Nc1cccc(C)c1C. The molecule has 3 nitrogen and oxygen atoms in total. The smallest absolute Gasteiger partial charge is 0.265 e. The molecule has 2 rings (SSSR count). The zero-order valence-corrected chi connectivity index (χ0v) is 16.1. The zero-order valence-electron chi connectivity index (χ0n) is 16.1. The Morgan fingerprint density at radius 1 is 1.08 bits per heavy atom. The average molecular weight is 339 g/mol. The molecule has 0 radical (unpaired) electrons. The summed E-state index contributed by atoms with van der Waals surface area (Å²) < 4.78 is 5.92. The standard InChI is InChI=1S/C22H29NO2/c1-7-20(21(24)23-19-10-8-9-15(2)16(19)3)25-18-13-11-17(12-14-18)22(4,5)6/h8-14,20H,7H2,1-6H3,(H,23,24). The molecule has 1 atom stereocenters. The maximum absolute atomic E-state index is 12.6. The van der Waals surface area contributed by atoms with Gasteiger partial charge >= 0.3 is 0 Å². The molecule has 0 aliphatic heterocycles. The molecule has 0 spiro atoms. The van der Waals surface area contributed by atoms with E-state index < -0.39 is 6.10 Å². The summed E-state index contributed by atoms with van der Waals surface area (Å²) in [5.74, 6) is 0.604. The van der Waals surface area contributed by atoms with Gasteiger partial charge in [0.25, 0.3) is 5.91 Å². The van der Waals surface area contributed by atoms with Crippen molar-refractivity contribution in [2.24, 2.45) is 0 Å². The summed E-state index contributed by atoms with van der Waals surface area (Å²) in [4.78, 5) is 12.6. The number of hydrogen-bond acceptors (Lipinski definition) is 2. The molecule has 2 aromatic carbocycles. The third kappa shape index (κ3) is 4.85. The molecule has 0 aliphatic carbocycles. The number of hydrogen-bond donors (Lipinski definition) is 1. The van der Waals surface area contributed by atoms with Crippen LogP contribution in [0.5, 0.6) is 5.75 Å². The maximum Gasteiger partial charge on any atom is 0.265 e. The Morgan fingerprint density at radius 2 is 1.72 bits per heavy atom. The second kappa shape index (κ2) is 7.73. The Hall–Kier alpha value is -2.29. The third-order valence-electron chi connectivity index (χ3n) is 4.52. The summed E-state index contributed by atoms with van der Waals surface area (Å²) in [7, 11) is 0. The Balaban J connectivity index is 2.09. The van der Waals surface area contributed by atoms with Gasteiger partial charge in [-0.3, -0.25) is 4.79 Å². The van der Waals surface area contributed by atoms with E-state index in [0.717, 1.165) is 22.6 Å². The first-order valence-electron chi connectivity index (χ1n) is 8.86. The van der Waals surface area contributed by atoms with Gasteiger partial charge in [0.05, 0.1) is 0 Å². The van der Waals surface area contributed by atoms with Crippen molar-refractivity contribution in [1.82, 2.24) is 0 Å². The van der Waals surface area contributed by atoms with E-state index in [-0.39, 0.29) is 11.3 Å². The van der Waals surface area contributed by atoms with Gasteiger partial charge in [0.2, 0.25) is 0 Å². The third-order valence-corrected chi connectivity index (χ3v) is 4.52. The summed E-state index contributed by atoms with van der Waals surface area (Å²) in [6.07, 6.45) is 0.0953. The molecule has 25 heavy (non-hydrogen) atoms. The molecule has 0 saturated heterocycles. The minimum absolute atomic E-state index is 0.1000. The van der Waals surface area contributed by atoms with Gasteiger partial charge in [-0.1, -0.05) is 52.0 Å². The molecule has 0 heterocycles. The fourth-order valence-electron chi connectivity index (χ4n) is 2.62. The van der Waals surface area contributed by atoms with Gasteiger partial charge in [-0.05, 0) is 60.6 Å². The fraction of sp³-hybridized carbons (Fsp3) is 0.409. The van der Waals surface area contributed by atoms with Crippen LogP contribution in [0.25, 0.3) is 0 Å². The van der Waals surface area contributed by atoms with Crippen molar-refractivity contribution in [3.05, 3.63) is 59.2 Å². The van der Waals surface area contributed by atoms with E-state index in [1.807, 2.05) is 51.1 Å². The second-order valence-electron chi connectivity index (χ2n) is 7.53. The number of carbonyl (C=O) groups excluding carboxylic acids is 1. The van der Waals surface area contributed by atoms with E-state index in [9.17, 15) is 4.79 Å². The fourth-order valence-corrected chi connectivity index (χ4v) is 2.62. The lowest BCUT2D eigenvalue weighted by molar-refractivity contribution is -0.122. The van der Waals surface area contributed by atoms with E-state index in [2.05, 4.69) is 38.2 Å². The van der Waals surface area contributed by atoms with Crippen LogP contribution in [0.15, 0.2) is 42.5 Å². The number of anilines is 1. The molecule has 0 bridgehead atoms. The van der Waals surface area contributed by atoms with E-state index in [4.69, 9.17) is 4.74 Å². The van der Waals surface area contributed by atoms with Crippen LogP contribution in [0.1, 0.15) is 50.8 Å². The summed E-state index contributed by atoms with van der Waals surface area (Å²) in [6, 6.07) is 13.9.